The van der Waals surface area contributed by atoms with Gasteiger partial charge in [-0.3, -0.25) is 9.59 Å². The van der Waals surface area contributed by atoms with Gasteiger partial charge in [-0.15, -0.1) is 0 Å². The molecule has 0 aliphatic rings. The van der Waals surface area contributed by atoms with Crippen LogP contribution >= 0.6 is 0 Å². The first-order chi connectivity index (χ1) is 16.4. The van der Waals surface area contributed by atoms with Crippen LogP contribution in [-0.4, -0.2) is 32.8 Å². The van der Waals surface area contributed by atoms with E-state index in [1.54, 1.807) is 6.20 Å². The van der Waals surface area contributed by atoms with E-state index in [2.05, 4.69) is 25.6 Å². The third kappa shape index (κ3) is 5.29. The largest absolute Gasteiger partial charge is 0.383 e. The summed E-state index contributed by atoms with van der Waals surface area (Å²) in [4.78, 5) is 37.2. The molecular formula is C24H20F2N6O2. The number of amides is 2. The molecule has 0 aliphatic heterocycles. The van der Waals surface area contributed by atoms with Crippen LogP contribution < -0.4 is 16.4 Å². The Kier molecular flexibility index (Phi) is 6.67. The summed E-state index contributed by atoms with van der Waals surface area (Å²) in [6, 6.07) is 9.58. The van der Waals surface area contributed by atoms with E-state index in [1.165, 1.54) is 24.8 Å². The van der Waals surface area contributed by atoms with Crippen LogP contribution in [-0.2, 0) is 17.8 Å². The molecule has 4 rings (SSSR count). The van der Waals surface area contributed by atoms with E-state index in [0.717, 1.165) is 28.5 Å². The zero-order valence-corrected chi connectivity index (χ0v) is 17.8. The van der Waals surface area contributed by atoms with Crippen molar-refractivity contribution in [2.24, 2.45) is 0 Å². The lowest BCUT2D eigenvalue weighted by atomic mass is 10.0. The van der Waals surface area contributed by atoms with Crippen molar-refractivity contribution in [1.29, 1.82) is 0 Å². The van der Waals surface area contributed by atoms with Crippen molar-refractivity contribution in [3.8, 4) is 0 Å². The monoisotopic (exact) mass is 462 g/mol. The van der Waals surface area contributed by atoms with E-state index in [1.807, 2.05) is 24.3 Å². The molecule has 0 unspecified atom stereocenters. The minimum absolute atomic E-state index is 0.0532. The molecule has 2 amide bonds. The Bertz CT molecular complexity index is 1350. The van der Waals surface area contributed by atoms with Gasteiger partial charge in [-0.05, 0) is 40.8 Å². The molecule has 0 fully saturated rings. The Morgan fingerprint density at radius 1 is 0.971 bits per heavy atom. The van der Waals surface area contributed by atoms with Gasteiger partial charge in [0.15, 0.2) is 11.6 Å². The van der Waals surface area contributed by atoms with Crippen molar-refractivity contribution in [1.82, 2.24) is 25.6 Å². The molecule has 2 aromatic heterocycles. The van der Waals surface area contributed by atoms with Crippen LogP contribution in [0.3, 0.4) is 0 Å². The highest BCUT2D eigenvalue weighted by atomic mass is 19.2. The number of pyridine rings is 1. The van der Waals surface area contributed by atoms with Crippen molar-refractivity contribution >= 4 is 28.4 Å². The Morgan fingerprint density at radius 3 is 2.50 bits per heavy atom. The Balaban J connectivity index is 1.51. The normalized spacial score (nSPS) is 11.7. The maximum atomic E-state index is 13.7. The molecule has 8 nitrogen and oxygen atoms in total. The molecule has 2 heterocycles. The van der Waals surface area contributed by atoms with E-state index >= 15 is 0 Å². The van der Waals surface area contributed by atoms with Gasteiger partial charge in [-0.1, -0.05) is 18.2 Å². The third-order valence-corrected chi connectivity index (χ3v) is 5.19. The van der Waals surface area contributed by atoms with E-state index in [0.29, 0.717) is 11.4 Å². The molecule has 4 aromatic rings. The quantitative estimate of drug-likeness (QED) is 0.388. The number of nitrogen functional groups attached to an aromatic ring is 1. The van der Waals surface area contributed by atoms with Crippen LogP contribution in [0.5, 0.6) is 0 Å². The number of hydrogen-bond donors (Lipinski definition) is 3. The molecule has 2 aromatic carbocycles. The highest BCUT2D eigenvalue weighted by Crippen LogP contribution is 2.20. The average molecular weight is 462 g/mol. The number of nitrogens with one attached hydrogen (secondary N) is 2. The highest BCUT2D eigenvalue weighted by molar-refractivity contribution is 5.97. The van der Waals surface area contributed by atoms with Gasteiger partial charge in [0.2, 0.25) is 5.91 Å². The summed E-state index contributed by atoms with van der Waals surface area (Å²) in [6.45, 7) is 0.176. The summed E-state index contributed by atoms with van der Waals surface area (Å²) < 4.78 is 27.0. The second kappa shape index (κ2) is 9.99. The van der Waals surface area contributed by atoms with Crippen molar-refractivity contribution < 1.29 is 18.4 Å². The molecule has 0 saturated heterocycles. The van der Waals surface area contributed by atoms with Crippen LogP contribution in [0.25, 0.3) is 10.8 Å². The van der Waals surface area contributed by atoms with Crippen LogP contribution in [0, 0.1) is 11.6 Å². The van der Waals surface area contributed by atoms with Crippen molar-refractivity contribution in [2.75, 3.05) is 5.73 Å². The molecule has 10 heteroatoms. The number of aromatic nitrogens is 3. The molecule has 0 bridgehead atoms. The van der Waals surface area contributed by atoms with Gasteiger partial charge in [0.05, 0.1) is 5.56 Å². The van der Waals surface area contributed by atoms with Crippen molar-refractivity contribution in [3.63, 3.8) is 0 Å². The fourth-order valence-corrected chi connectivity index (χ4v) is 3.44. The first-order valence-corrected chi connectivity index (χ1v) is 10.3. The van der Waals surface area contributed by atoms with Gasteiger partial charge in [0.1, 0.15) is 18.2 Å². The Morgan fingerprint density at radius 2 is 1.74 bits per heavy atom. The van der Waals surface area contributed by atoms with Gasteiger partial charge in [-0.25, -0.2) is 23.7 Å². The predicted molar refractivity (Wildman–Crippen MR) is 121 cm³/mol. The molecule has 0 radical (unpaired) electrons. The first kappa shape index (κ1) is 22.7. The number of fused-ring (bicyclic) bond motifs is 1. The Labute approximate surface area is 193 Å². The minimum atomic E-state index is -1.06. The number of nitrogens with two attached hydrogens (primary N) is 1. The van der Waals surface area contributed by atoms with Crippen LogP contribution in [0.15, 0.2) is 67.4 Å². The maximum absolute atomic E-state index is 13.7. The van der Waals surface area contributed by atoms with Gasteiger partial charge < -0.3 is 16.4 Å². The molecule has 4 N–H and O–H groups in total. The standard InChI is InChI=1S/C24H20F2N6O2/c25-19-4-2-14(8-20(19)26)9-21(32-23(33)17-11-28-13-29-12-17)24(34)31-10-15-1-3-18-16(7-15)5-6-30-22(18)27/h1-8,11-13,21H,9-10H2,(H2,27,30)(H,31,34)(H,32,33)/t21-/m0/s1. The van der Waals surface area contributed by atoms with E-state index < -0.39 is 29.5 Å². The van der Waals surface area contributed by atoms with E-state index in [4.69, 9.17) is 5.73 Å². The molecule has 0 aliphatic carbocycles. The topological polar surface area (TPSA) is 123 Å². The van der Waals surface area contributed by atoms with Crippen molar-refractivity contribution in [3.05, 3.63) is 95.7 Å². The summed E-state index contributed by atoms with van der Waals surface area (Å²) in [5.74, 6) is -2.69. The SMILES string of the molecule is Nc1nccc2cc(CNC(=O)[C@H](Cc3ccc(F)c(F)c3)NC(=O)c3cncnc3)ccc12. The van der Waals surface area contributed by atoms with E-state index in [9.17, 15) is 18.4 Å². The van der Waals surface area contributed by atoms with Crippen LogP contribution in [0.2, 0.25) is 0 Å². The summed E-state index contributed by atoms with van der Waals surface area (Å²) in [7, 11) is 0. The third-order valence-electron chi connectivity index (χ3n) is 5.19. The molecule has 0 spiro atoms. The average Bonchev–Trinajstić information content (AvgIpc) is 2.85. The lowest BCUT2D eigenvalue weighted by Gasteiger charge is -2.19. The summed E-state index contributed by atoms with van der Waals surface area (Å²) in [5.41, 5.74) is 7.19. The predicted octanol–water partition coefficient (Wildman–Crippen LogP) is 2.54. The maximum Gasteiger partial charge on any atom is 0.255 e. The van der Waals surface area contributed by atoms with Gasteiger partial charge in [0.25, 0.3) is 5.91 Å². The number of nitrogens with zero attached hydrogens (tertiary/aromatic N) is 3. The summed E-state index contributed by atoms with van der Waals surface area (Å²) >= 11 is 0. The Hall–Kier alpha value is -4.47. The van der Waals surface area contributed by atoms with Gasteiger partial charge in [-0.2, -0.15) is 0 Å². The molecule has 1 atom stereocenters. The molecular weight excluding hydrogens is 442 g/mol. The van der Waals surface area contributed by atoms with Gasteiger partial charge >= 0.3 is 0 Å². The number of anilines is 1. The number of halogens is 2. The second-order valence-corrected chi connectivity index (χ2v) is 7.58. The zero-order chi connectivity index (χ0) is 24.1. The molecule has 0 saturated carbocycles. The zero-order valence-electron chi connectivity index (χ0n) is 17.8. The van der Waals surface area contributed by atoms with Gasteiger partial charge in [0, 0.05) is 36.9 Å². The summed E-state index contributed by atoms with van der Waals surface area (Å²) in [6.07, 6.45) is 5.44. The van der Waals surface area contributed by atoms with Crippen LogP contribution in [0.1, 0.15) is 21.5 Å². The number of benzene rings is 2. The highest BCUT2D eigenvalue weighted by Gasteiger charge is 2.23. The van der Waals surface area contributed by atoms with Crippen LogP contribution in [0.4, 0.5) is 14.6 Å². The second-order valence-electron chi connectivity index (χ2n) is 7.58. The van der Waals surface area contributed by atoms with Crippen molar-refractivity contribution in [2.45, 2.75) is 19.0 Å². The smallest absolute Gasteiger partial charge is 0.255 e. The molecule has 34 heavy (non-hydrogen) atoms. The number of carbonyl (C=O) groups excluding carboxylic acids is 2. The fraction of sp³-hybridized carbons (Fsp3) is 0.125. The fourth-order valence-electron chi connectivity index (χ4n) is 3.44. The van der Waals surface area contributed by atoms with E-state index in [-0.39, 0.29) is 18.5 Å². The lowest BCUT2D eigenvalue weighted by Crippen LogP contribution is -2.47. The summed E-state index contributed by atoms with van der Waals surface area (Å²) in [5, 5.41) is 7.07. The molecule has 172 valence electrons. The lowest BCUT2D eigenvalue weighted by molar-refractivity contribution is -0.123. The number of rotatable bonds is 7. The number of hydrogen-bond acceptors (Lipinski definition) is 6. The first-order valence-electron chi connectivity index (χ1n) is 10.3. The minimum Gasteiger partial charge on any atom is -0.383 e. The number of carbonyl (C=O) groups is 2.